The van der Waals surface area contributed by atoms with Gasteiger partial charge >= 0.3 is 5.97 Å². The van der Waals surface area contributed by atoms with Crippen molar-refractivity contribution in [3.8, 4) is 0 Å². The van der Waals surface area contributed by atoms with Crippen molar-refractivity contribution in [2.75, 3.05) is 32.6 Å². The molecule has 1 amide bonds. The van der Waals surface area contributed by atoms with Crippen molar-refractivity contribution >= 4 is 23.3 Å². The number of nitrogens with one attached hydrogen (secondary N) is 1. The first kappa shape index (κ1) is 24.5. The SMILES string of the molecule is CCCCC(=O)c1ccc2c(c1)NC(=O)[C@]21CCN2C[C@H](CC)[C@@H](/C(=C\OC)C(=O)OC)CC21. The Kier molecular flexibility index (Phi) is 7.12. The van der Waals surface area contributed by atoms with E-state index >= 15 is 0 Å². The third kappa shape index (κ3) is 3.94. The zero-order chi connectivity index (χ0) is 24.5. The topological polar surface area (TPSA) is 84.9 Å². The number of rotatable bonds is 8. The highest BCUT2D eigenvalue weighted by molar-refractivity contribution is 6.09. The van der Waals surface area contributed by atoms with Crippen LogP contribution in [-0.4, -0.2) is 55.9 Å². The van der Waals surface area contributed by atoms with Crippen molar-refractivity contribution in [3.63, 3.8) is 0 Å². The zero-order valence-corrected chi connectivity index (χ0v) is 20.7. The summed E-state index contributed by atoms with van der Waals surface area (Å²) in [5, 5.41) is 3.09. The van der Waals surface area contributed by atoms with Crippen molar-refractivity contribution < 1.29 is 23.9 Å². The van der Waals surface area contributed by atoms with Crippen LogP contribution < -0.4 is 5.32 Å². The molecule has 4 atom stereocenters. The molecule has 7 nitrogen and oxygen atoms in total. The first-order valence-electron chi connectivity index (χ1n) is 12.5. The number of Topliss-reactive ketones (excluding diaryl/α,β-unsaturated/α-hetero) is 1. The van der Waals surface area contributed by atoms with Crippen LogP contribution in [0.15, 0.2) is 30.0 Å². The van der Waals surface area contributed by atoms with Crippen LogP contribution in [0, 0.1) is 11.8 Å². The van der Waals surface area contributed by atoms with Crippen LogP contribution in [-0.2, 0) is 24.5 Å². The van der Waals surface area contributed by atoms with E-state index in [2.05, 4.69) is 24.1 Å². The average molecular weight is 469 g/mol. The lowest BCUT2D eigenvalue weighted by Gasteiger charge is -2.45. The van der Waals surface area contributed by atoms with E-state index in [4.69, 9.17) is 9.47 Å². The van der Waals surface area contributed by atoms with E-state index in [0.717, 1.165) is 50.0 Å². The molecule has 0 aliphatic carbocycles. The maximum atomic E-state index is 13.6. The van der Waals surface area contributed by atoms with Gasteiger partial charge in [-0.15, -0.1) is 0 Å². The minimum atomic E-state index is -0.675. The van der Waals surface area contributed by atoms with Crippen LogP contribution in [0.2, 0.25) is 0 Å². The Morgan fingerprint density at radius 2 is 2.06 bits per heavy atom. The Morgan fingerprint density at radius 3 is 2.74 bits per heavy atom. The van der Waals surface area contributed by atoms with Gasteiger partial charge in [0.25, 0.3) is 0 Å². The number of carbonyl (C=O) groups is 3. The van der Waals surface area contributed by atoms with Crippen LogP contribution in [0.4, 0.5) is 5.69 Å². The maximum absolute atomic E-state index is 13.6. The molecule has 2 fully saturated rings. The Bertz CT molecular complexity index is 1000. The molecule has 1 aromatic carbocycles. The number of hydrogen-bond acceptors (Lipinski definition) is 6. The molecule has 1 spiro atoms. The summed E-state index contributed by atoms with van der Waals surface area (Å²) in [6.45, 7) is 5.86. The van der Waals surface area contributed by atoms with Gasteiger partial charge in [0.1, 0.15) is 0 Å². The highest BCUT2D eigenvalue weighted by Gasteiger charge is 2.60. The second kappa shape index (κ2) is 9.90. The third-order valence-corrected chi connectivity index (χ3v) is 8.14. The molecule has 3 heterocycles. The van der Waals surface area contributed by atoms with Crippen LogP contribution >= 0.6 is 0 Å². The van der Waals surface area contributed by atoms with E-state index in [-0.39, 0.29) is 35.5 Å². The first-order valence-corrected chi connectivity index (χ1v) is 12.5. The molecule has 0 bridgehead atoms. The van der Waals surface area contributed by atoms with Crippen LogP contribution in [0.3, 0.4) is 0 Å². The molecule has 1 N–H and O–H groups in total. The first-order chi connectivity index (χ1) is 16.4. The zero-order valence-electron chi connectivity index (χ0n) is 20.7. The van der Waals surface area contributed by atoms with Crippen LogP contribution in [0.25, 0.3) is 0 Å². The quantitative estimate of drug-likeness (QED) is 0.268. The van der Waals surface area contributed by atoms with Crippen LogP contribution in [0.1, 0.15) is 68.3 Å². The molecule has 3 aliphatic heterocycles. The largest absolute Gasteiger partial charge is 0.504 e. The van der Waals surface area contributed by atoms with Crippen LogP contribution in [0.5, 0.6) is 0 Å². The number of hydrogen-bond donors (Lipinski definition) is 1. The number of nitrogens with zero attached hydrogens (tertiary/aromatic N) is 1. The fourth-order valence-electron chi connectivity index (χ4n) is 6.34. The van der Waals surface area contributed by atoms with Crippen molar-refractivity contribution in [2.24, 2.45) is 11.8 Å². The van der Waals surface area contributed by atoms with E-state index in [1.54, 1.807) is 0 Å². The van der Waals surface area contributed by atoms with Gasteiger partial charge in [0.15, 0.2) is 5.78 Å². The summed E-state index contributed by atoms with van der Waals surface area (Å²) in [4.78, 5) is 41.2. The lowest BCUT2D eigenvalue weighted by molar-refractivity contribution is -0.137. The minimum absolute atomic E-state index is 0.00260. The summed E-state index contributed by atoms with van der Waals surface area (Å²) in [5.74, 6) is -0.0481. The monoisotopic (exact) mass is 468 g/mol. The normalized spacial score (nSPS) is 28.4. The molecule has 0 radical (unpaired) electrons. The van der Waals surface area contributed by atoms with Gasteiger partial charge in [-0.2, -0.15) is 0 Å². The number of methoxy groups -OCH3 is 2. The molecule has 184 valence electrons. The second-order valence-corrected chi connectivity index (χ2v) is 9.78. The van der Waals surface area contributed by atoms with Crippen molar-refractivity contribution in [2.45, 2.75) is 63.8 Å². The molecular weight excluding hydrogens is 432 g/mol. The predicted molar refractivity (Wildman–Crippen MR) is 130 cm³/mol. The molecule has 2 saturated heterocycles. The molecule has 7 heteroatoms. The number of carbonyl (C=O) groups excluding carboxylic acids is 3. The van der Waals surface area contributed by atoms with Gasteiger partial charge in [0.2, 0.25) is 5.91 Å². The second-order valence-electron chi connectivity index (χ2n) is 9.78. The van der Waals surface area contributed by atoms with E-state index in [1.165, 1.54) is 20.5 Å². The summed E-state index contributed by atoms with van der Waals surface area (Å²) in [6, 6.07) is 5.67. The fraction of sp³-hybridized carbons (Fsp3) is 0.593. The molecule has 4 rings (SSSR count). The number of amides is 1. The van der Waals surface area contributed by atoms with Crippen molar-refractivity contribution in [1.29, 1.82) is 0 Å². The average Bonchev–Trinajstić information content (AvgIpc) is 3.37. The van der Waals surface area contributed by atoms with Crippen molar-refractivity contribution in [3.05, 3.63) is 41.2 Å². The molecule has 1 aromatic rings. The van der Waals surface area contributed by atoms with E-state index < -0.39 is 5.41 Å². The lowest BCUT2D eigenvalue weighted by Crippen LogP contribution is -2.53. The van der Waals surface area contributed by atoms with Gasteiger partial charge in [-0.05, 0) is 49.3 Å². The Morgan fingerprint density at radius 1 is 1.26 bits per heavy atom. The molecule has 34 heavy (non-hydrogen) atoms. The van der Waals surface area contributed by atoms with Gasteiger partial charge < -0.3 is 14.8 Å². The van der Waals surface area contributed by atoms with Crippen molar-refractivity contribution in [1.82, 2.24) is 4.90 Å². The number of ether oxygens (including phenoxy) is 2. The number of fused-ring (bicyclic) bond motifs is 4. The highest BCUT2D eigenvalue weighted by Crippen LogP contribution is 2.53. The number of ketones is 1. The molecule has 1 unspecified atom stereocenters. The predicted octanol–water partition coefficient (Wildman–Crippen LogP) is 4.07. The Balaban J connectivity index is 1.69. The highest BCUT2D eigenvalue weighted by atomic mass is 16.5. The van der Waals surface area contributed by atoms with Gasteiger partial charge in [-0.3, -0.25) is 14.5 Å². The molecule has 0 aromatic heterocycles. The standard InChI is InChI=1S/C27H36N2O5/c1-5-7-8-23(30)18-9-10-21-22(13-18)28-26(32)27(21)11-12-29-15-17(6-2)19(14-24(27)29)20(16-33-3)25(31)34-4/h9-10,13,16-17,19,24H,5-8,11-12,14-15H2,1-4H3,(H,28,32)/b20-16+/t17-,19-,24?,27+/m0/s1. The Labute approximate surface area is 201 Å². The van der Waals surface area contributed by atoms with E-state index in [1.807, 2.05) is 18.2 Å². The number of esters is 1. The van der Waals surface area contributed by atoms with E-state index in [0.29, 0.717) is 24.0 Å². The summed E-state index contributed by atoms with van der Waals surface area (Å²) in [5.41, 5.74) is 2.24. The summed E-state index contributed by atoms with van der Waals surface area (Å²) >= 11 is 0. The number of anilines is 1. The smallest absolute Gasteiger partial charge is 0.337 e. The molecular formula is C27H36N2O5. The Hall–Kier alpha value is -2.67. The lowest BCUT2D eigenvalue weighted by atomic mass is 9.67. The maximum Gasteiger partial charge on any atom is 0.337 e. The number of piperidine rings is 1. The number of unbranched alkanes of at least 4 members (excludes halogenated alkanes) is 1. The van der Waals surface area contributed by atoms with Gasteiger partial charge in [0.05, 0.1) is 31.5 Å². The van der Waals surface area contributed by atoms with Gasteiger partial charge in [0, 0.05) is 30.3 Å². The fourth-order valence-corrected chi connectivity index (χ4v) is 6.34. The summed E-state index contributed by atoms with van der Waals surface area (Å²) < 4.78 is 10.3. The molecule has 0 saturated carbocycles. The van der Waals surface area contributed by atoms with E-state index in [9.17, 15) is 14.4 Å². The van der Waals surface area contributed by atoms with Gasteiger partial charge in [-0.25, -0.2) is 4.79 Å². The number of benzene rings is 1. The summed E-state index contributed by atoms with van der Waals surface area (Å²) in [6.07, 6.45) is 6.18. The third-order valence-electron chi connectivity index (χ3n) is 8.14. The summed E-state index contributed by atoms with van der Waals surface area (Å²) in [7, 11) is 2.93. The minimum Gasteiger partial charge on any atom is -0.504 e. The van der Waals surface area contributed by atoms with Gasteiger partial charge in [-0.1, -0.05) is 38.8 Å². The molecule has 3 aliphatic rings.